The molecule has 2 rings (SSSR count). The van der Waals surface area contributed by atoms with Gasteiger partial charge in [-0.3, -0.25) is 4.68 Å². The number of rotatable bonds is 2. The van der Waals surface area contributed by atoms with Crippen LogP contribution in [0.25, 0.3) is 0 Å². The van der Waals surface area contributed by atoms with Gasteiger partial charge in [0.2, 0.25) is 0 Å². The minimum atomic E-state index is 0.783. The maximum atomic E-state index is 5.93. The Morgan fingerprint density at radius 2 is 1.82 bits per heavy atom. The van der Waals surface area contributed by atoms with E-state index in [4.69, 9.17) is 5.73 Å². The van der Waals surface area contributed by atoms with Crippen molar-refractivity contribution in [1.29, 1.82) is 0 Å². The first-order valence-electron chi connectivity index (χ1n) is 5.84. The molecular formula is C14H19N3. The number of nitrogens with two attached hydrogens (primary N) is 1. The molecular weight excluding hydrogens is 210 g/mol. The standard InChI is InChI=1S/C14H19N3/c1-9-5-6-13(7-10(9)2)8-17-12(4)14(15)11(3)16-17/h5-7H,8,15H2,1-4H3. The highest BCUT2D eigenvalue weighted by molar-refractivity contribution is 5.47. The molecule has 0 aliphatic heterocycles. The molecule has 0 atom stereocenters. The summed E-state index contributed by atoms with van der Waals surface area (Å²) < 4.78 is 1.97. The summed E-state index contributed by atoms with van der Waals surface area (Å²) in [5.74, 6) is 0. The number of benzene rings is 1. The fraction of sp³-hybridized carbons (Fsp3) is 0.357. The van der Waals surface area contributed by atoms with Gasteiger partial charge in [-0.15, -0.1) is 0 Å². The van der Waals surface area contributed by atoms with Gasteiger partial charge < -0.3 is 5.73 Å². The minimum Gasteiger partial charge on any atom is -0.396 e. The Kier molecular flexibility index (Phi) is 2.92. The topological polar surface area (TPSA) is 43.8 Å². The van der Waals surface area contributed by atoms with Gasteiger partial charge in [-0.1, -0.05) is 18.2 Å². The van der Waals surface area contributed by atoms with Crippen LogP contribution in [0.3, 0.4) is 0 Å². The van der Waals surface area contributed by atoms with E-state index in [0.29, 0.717) is 0 Å². The normalized spacial score (nSPS) is 10.8. The van der Waals surface area contributed by atoms with Gasteiger partial charge >= 0.3 is 0 Å². The molecule has 17 heavy (non-hydrogen) atoms. The number of hydrogen-bond donors (Lipinski definition) is 1. The molecule has 90 valence electrons. The average Bonchev–Trinajstić information content (AvgIpc) is 2.52. The SMILES string of the molecule is Cc1ccc(Cn2nc(C)c(N)c2C)cc1C. The molecule has 0 saturated carbocycles. The van der Waals surface area contributed by atoms with E-state index in [1.165, 1.54) is 16.7 Å². The van der Waals surface area contributed by atoms with Crippen LogP contribution in [-0.4, -0.2) is 9.78 Å². The molecule has 3 nitrogen and oxygen atoms in total. The van der Waals surface area contributed by atoms with Gasteiger partial charge in [-0.25, -0.2) is 0 Å². The van der Waals surface area contributed by atoms with Crippen molar-refractivity contribution >= 4 is 5.69 Å². The van der Waals surface area contributed by atoms with Crippen LogP contribution in [-0.2, 0) is 6.54 Å². The molecule has 0 saturated heterocycles. The van der Waals surface area contributed by atoms with E-state index < -0.39 is 0 Å². The summed E-state index contributed by atoms with van der Waals surface area (Å²) in [5.41, 5.74) is 12.6. The summed E-state index contributed by atoms with van der Waals surface area (Å²) >= 11 is 0. The molecule has 1 aromatic carbocycles. The first-order valence-corrected chi connectivity index (χ1v) is 5.84. The second-order valence-electron chi connectivity index (χ2n) is 4.66. The van der Waals surface area contributed by atoms with Crippen LogP contribution in [0.2, 0.25) is 0 Å². The average molecular weight is 229 g/mol. The van der Waals surface area contributed by atoms with Crippen LogP contribution in [0.4, 0.5) is 5.69 Å². The summed E-state index contributed by atoms with van der Waals surface area (Å²) in [6.07, 6.45) is 0. The highest BCUT2D eigenvalue weighted by atomic mass is 15.3. The van der Waals surface area contributed by atoms with Gasteiger partial charge in [0.05, 0.1) is 23.6 Å². The Bertz CT molecular complexity index is 553. The molecule has 0 fully saturated rings. The monoisotopic (exact) mass is 229 g/mol. The second kappa shape index (κ2) is 4.24. The van der Waals surface area contributed by atoms with E-state index in [2.05, 4.69) is 37.1 Å². The van der Waals surface area contributed by atoms with Crippen LogP contribution in [0.5, 0.6) is 0 Å². The van der Waals surface area contributed by atoms with Crippen molar-refractivity contribution < 1.29 is 0 Å². The Morgan fingerprint density at radius 3 is 2.35 bits per heavy atom. The van der Waals surface area contributed by atoms with Crippen molar-refractivity contribution in [2.24, 2.45) is 0 Å². The van der Waals surface area contributed by atoms with Crippen molar-refractivity contribution in [3.05, 3.63) is 46.3 Å². The third-order valence-corrected chi connectivity index (χ3v) is 3.34. The van der Waals surface area contributed by atoms with Crippen molar-refractivity contribution in [3.8, 4) is 0 Å². The van der Waals surface area contributed by atoms with E-state index in [-0.39, 0.29) is 0 Å². The Labute approximate surface area is 102 Å². The molecule has 0 bridgehead atoms. The lowest BCUT2D eigenvalue weighted by Gasteiger charge is -2.07. The van der Waals surface area contributed by atoms with Crippen molar-refractivity contribution in [2.75, 3.05) is 5.73 Å². The van der Waals surface area contributed by atoms with Crippen LogP contribution >= 0.6 is 0 Å². The smallest absolute Gasteiger partial charge is 0.0826 e. The summed E-state index contributed by atoms with van der Waals surface area (Å²) in [7, 11) is 0. The molecule has 2 aromatic rings. The zero-order valence-corrected chi connectivity index (χ0v) is 10.9. The molecule has 0 aliphatic rings. The summed E-state index contributed by atoms with van der Waals surface area (Å²) in [4.78, 5) is 0. The molecule has 0 unspecified atom stereocenters. The summed E-state index contributed by atoms with van der Waals surface area (Å²) in [6, 6.07) is 6.51. The summed E-state index contributed by atoms with van der Waals surface area (Å²) in [5, 5.41) is 4.45. The molecule has 1 aromatic heterocycles. The third-order valence-electron chi connectivity index (χ3n) is 3.34. The van der Waals surface area contributed by atoms with Gasteiger partial charge in [0.25, 0.3) is 0 Å². The minimum absolute atomic E-state index is 0.783. The van der Waals surface area contributed by atoms with Gasteiger partial charge in [-0.2, -0.15) is 5.10 Å². The zero-order valence-electron chi connectivity index (χ0n) is 10.9. The van der Waals surface area contributed by atoms with Gasteiger partial charge in [0.1, 0.15) is 0 Å². The van der Waals surface area contributed by atoms with Crippen molar-refractivity contribution in [3.63, 3.8) is 0 Å². The van der Waals surface area contributed by atoms with Gasteiger partial charge in [0, 0.05) is 0 Å². The van der Waals surface area contributed by atoms with Crippen LogP contribution in [0.15, 0.2) is 18.2 Å². The van der Waals surface area contributed by atoms with Crippen LogP contribution in [0.1, 0.15) is 28.1 Å². The quantitative estimate of drug-likeness (QED) is 0.860. The van der Waals surface area contributed by atoms with E-state index in [9.17, 15) is 0 Å². The molecule has 0 amide bonds. The Hall–Kier alpha value is -1.77. The maximum Gasteiger partial charge on any atom is 0.0826 e. The predicted octanol–water partition coefficient (Wildman–Crippen LogP) is 2.75. The fourth-order valence-corrected chi connectivity index (χ4v) is 1.94. The first-order chi connectivity index (χ1) is 7.99. The first kappa shape index (κ1) is 11.7. The number of anilines is 1. The van der Waals surface area contributed by atoms with Gasteiger partial charge in [-0.05, 0) is 44.4 Å². The van der Waals surface area contributed by atoms with Gasteiger partial charge in [0.15, 0.2) is 0 Å². The maximum absolute atomic E-state index is 5.93. The van der Waals surface area contributed by atoms with Crippen LogP contribution < -0.4 is 5.73 Å². The molecule has 0 radical (unpaired) electrons. The second-order valence-corrected chi connectivity index (χ2v) is 4.66. The number of hydrogen-bond acceptors (Lipinski definition) is 2. The van der Waals surface area contributed by atoms with E-state index in [1.54, 1.807) is 0 Å². The fourth-order valence-electron chi connectivity index (χ4n) is 1.94. The number of aryl methyl sites for hydroxylation is 3. The lowest BCUT2D eigenvalue weighted by atomic mass is 10.1. The molecule has 0 aliphatic carbocycles. The predicted molar refractivity (Wildman–Crippen MR) is 71.1 cm³/mol. The Morgan fingerprint density at radius 1 is 1.12 bits per heavy atom. The van der Waals surface area contributed by atoms with E-state index in [1.807, 2.05) is 18.5 Å². The number of nitrogen functional groups attached to an aromatic ring is 1. The lowest BCUT2D eigenvalue weighted by Crippen LogP contribution is -2.04. The number of nitrogens with zero attached hydrogens (tertiary/aromatic N) is 2. The van der Waals surface area contributed by atoms with E-state index in [0.717, 1.165) is 23.6 Å². The third kappa shape index (κ3) is 2.18. The van der Waals surface area contributed by atoms with E-state index >= 15 is 0 Å². The lowest BCUT2D eigenvalue weighted by molar-refractivity contribution is 0.659. The molecule has 3 heteroatoms. The largest absolute Gasteiger partial charge is 0.396 e. The summed E-state index contributed by atoms with van der Waals surface area (Å²) in [6.45, 7) is 9.00. The molecule has 1 heterocycles. The molecule has 0 spiro atoms. The highest BCUT2D eigenvalue weighted by Gasteiger charge is 2.08. The Balaban J connectivity index is 2.31. The number of aromatic nitrogens is 2. The highest BCUT2D eigenvalue weighted by Crippen LogP contribution is 2.17. The van der Waals surface area contributed by atoms with Crippen molar-refractivity contribution in [1.82, 2.24) is 9.78 Å². The zero-order chi connectivity index (χ0) is 12.6. The van der Waals surface area contributed by atoms with Crippen LogP contribution in [0, 0.1) is 27.7 Å². The molecule has 2 N–H and O–H groups in total. The van der Waals surface area contributed by atoms with Crippen molar-refractivity contribution in [2.45, 2.75) is 34.2 Å².